The smallest absolute Gasteiger partial charge is 0.219 e. The summed E-state index contributed by atoms with van der Waals surface area (Å²) in [6, 6.07) is 25.8. The van der Waals surface area contributed by atoms with Crippen molar-refractivity contribution >= 4 is 34.7 Å². The van der Waals surface area contributed by atoms with Crippen LogP contribution < -0.4 is 15.4 Å². The lowest BCUT2D eigenvalue weighted by molar-refractivity contribution is 0.217. The summed E-state index contributed by atoms with van der Waals surface area (Å²) in [5.41, 5.74) is 3.88. The first-order valence-corrected chi connectivity index (χ1v) is 12.2. The highest BCUT2D eigenvalue weighted by atomic mass is 35.5. The Morgan fingerprint density at radius 2 is 1.76 bits per heavy atom. The predicted molar refractivity (Wildman–Crippen MR) is 149 cm³/mol. The number of nitrogens with one attached hydrogen (secondary N) is 2. The zero-order valence-electron chi connectivity index (χ0n) is 20.3. The summed E-state index contributed by atoms with van der Waals surface area (Å²) in [6.07, 6.45) is 3.54. The van der Waals surface area contributed by atoms with E-state index in [1.807, 2.05) is 54.7 Å². The van der Waals surface area contributed by atoms with Crippen LogP contribution in [0, 0.1) is 0 Å². The van der Waals surface area contributed by atoms with Crippen LogP contribution in [0.1, 0.15) is 5.76 Å². The summed E-state index contributed by atoms with van der Waals surface area (Å²) in [6.45, 7) is 5.00. The molecule has 0 atom stereocenters. The topological polar surface area (TPSA) is 75.5 Å². The first kappa shape index (κ1) is 24.8. The van der Waals surface area contributed by atoms with Crippen molar-refractivity contribution in [3.05, 3.63) is 97.0 Å². The van der Waals surface area contributed by atoms with Crippen LogP contribution >= 0.6 is 12.4 Å². The zero-order chi connectivity index (χ0) is 24.2. The van der Waals surface area contributed by atoms with Gasteiger partial charge in [0.2, 0.25) is 5.88 Å². The molecule has 1 aliphatic heterocycles. The summed E-state index contributed by atoms with van der Waals surface area (Å²) in [5.74, 6) is 3.16. The van der Waals surface area contributed by atoms with Crippen molar-refractivity contribution in [1.29, 1.82) is 0 Å². The molecule has 1 fully saturated rings. The third kappa shape index (κ3) is 5.91. The van der Waals surface area contributed by atoms with Crippen molar-refractivity contribution < 1.29 is 9.15 Å². The minimum absolute atomic E-state index is 0. The summed E-state index contributed by atoms with van der Waals surface area (Å²) < 4.78 is 12.0. The standard InChI is InChI=1S/C29H27N5O2.ClH/c1-2-13-32-29(3-1)36-23-7-5-22(6-8-23)33-26-12-14-31-27-19-21(4-10-25(26)27)28-11-9-24(35-28)20-34-17-15-30-16-18-34;/h1-14,19,30H,15-18,20H2,(H,31,33);1H. The van der Waals surface area contributed by atoms with E-state index < -0.39 is 0 Å². The van der Waals surface area contributed by atoms with Crippen LogP contribution in [-0.4, -0.2) is 41.0 Å². The van der Waals surface area contributed by atoms with Crippen molar-refractivity contribution in [1.82, 2.24) is 20.2 Å². The molecule has 0 aliphatic carbocycles. The molecule has 0 radical (unpaired) electrons. The molecule has 8 heteroatoms. The highest BCUT2D eigenvalue weighted by Gasteiger charge is 2.13. The summed E-state index contributed by atoms with van der Waals surface area (Å²) in [4.78, 5) is 11.2. The molecule has 5 aromatic rings. The molecule has 37 heavy (non-hydrogen) atoms. The van der Waals surface area contributed by atoms with Crippen LogP contribution in [0.25, 0.3) is 22.2 Å². The molecule has 2 N–H and O–H groups in total. The number of benzene rings is 2. The predicted octanol–water partition coefficient (Wildman–Crippen LogP) is 6.25. The molecule has 4 heterocycles. The van der Waals surface area contributed by atoms with Gasteiger partial charge in [-0.15, -0.1) is 12.4 Å². The van der Waals surface area contributed by atoms with E-state index in [1.165, 1.54) is 0 Å². The van der Waals surface area contributed by atoms with Gasteiger partial charge in [-0.2, -0.15) is 0 Å². The average Bonchev–Trinajstić information content (AvgIpc) is 3.39. The minimum Gasteiger partial charge on any atom is -0.460 e. The monoisotopic (exact) mass is 513 g/mol. The van der Waals surface area contributed by atoms with E-state index in [0.717, 1.165) is 77.8 Å². The maximum absolute atomic E-state index is 6.18. The van der Waals surface area contributed by atoms with Gasteiger partial charge in [0.25, 0.3) is 0 Å². The second kappa shape index (κ2) is 11.4. The Kier molecular flexibility index (Phi) is 7.65. The third-order valence-corrected chi connectivity index (χ3v) is 6.27. The Morgan fingerprint density at radius 3 is 2.57 bits per heavy atom. The number of aromatic nitrogens is 2. The highest BCUT2D eigenvalue weighted by molar-refractivity contribution is 5.94. The van der Waals surface area contributed by atoms with E-state index in [0.29, 0.717) is 5.88 Å². The number of pyridine rings is 2. The minimum atomic E-state index is 0. The molecule has 188 valence electrons. The Bertz CT molecular complexity index is 1450. The molecule has 2 aromatic carbocycles. The van der Waals surface area contributed by atoms with Gasteiger partial charge in [-0.25, -0.2) is 4.98 Å². The van der Waals surface area contributed by atoms with Crippen molar-refractivity contribution in [2.75, 3.05) is 31.5 Å². The second-order valence-corrected chi connectivity index (χ2v) is 8.80. The number of fused-ring (bicyclic) bond motifs is 1. The Labute approximate surface area is 221 Å². The maximum atomic E-state index is 6.18. The normalized spacial score (nSPS) is 13.7. The zero-order valence-corrected chi connectivity index (χ0v) is 21.1. The van der Waals surface area contributed by atoms with E-state index in [-0.39, 0.29) is 12.4 Å². The van der Waals surface area contributed by atoms with Crippen LogP contribution in [-0.2, 0) is 6.54 Å². The largest absolute Gasteiger partial charge is 0.460 e. The van der Waals surface area contributed by atoms with E-state index in [9.17, 15) is 0 Å². The second-order valence-electron chi connectivity index (χ2n) is 8.80. The number of hydrogen-bond acceptors (Lipinski definition) is 7. The lowest BCUT2D eigenvalue weighted by Crippen LogP contribution is -2.42. The summed E-state index contributed by atoms with van der Waals surface area (Å²) >= 11 is 0. The number of ether oxygens (including phenoxy) is 1. The quantitative estimate of drug-likeness (QED) is 0.266. The third-order valence-electron chi connectivity index (χ3n) is 6.27. The molecule has 1 aliphatic rings. The molecule has 3 aromatic heterocycles. The fourth-order valence-electron chi connectivity index (χ4n) is 4.41. The molecule has 0 unspecified atom stereocenters. The summed E-state index contributed by atoms with van der Waals surface area (Å²) in [7, 11) is 0. The lowest BCUT2D eigenvalue weighted by Gasteiger charge is -2.26. The number of rotatable bonds is 7. The fraction of sp³-hybridized carbons (Fsp3) is 0.172. The fourth-order valence-corrected chi connectivity index (χ4v) is 4.41. The van der Waals surface area contributed by atoms with Crippen molar-refractivity contribution in [2.24, 2.45) is 0 Å². The van der Waals surface area contributed by atoms with Gasteiger partial charge in [-0.3, -0.25) is 9.88 Å². The van der Waals surface area contributed by atoms with Gasteiger partial charge in [0.15, 0.2) is 0 Å². The Morgan fingerprint density at radius 1 is 0.892 bits per heavy atom. The number of anilines is 2. The van der Waals surface area contributed by atoms with Gasteiger partial charge in [0, 0.05) is 67.0 Å². The van der Waals surface area contributed by atoms with Crippen molar-refractivity contribution in [3.63, 3.8) is 0 Å². The summed E-state index contributed by atoms with van der Waals surface area (Å²) in [5, 5.41) is 7.93. The van der Waals surface area contributed by atoms with Gasteiger partial charge in [-0.1, -0.05) is 12.1 Å². The lowest BCUT2D eigenvalue weighted by atomic mass is 10.1. The van der Waals surface area contributed by atoms with Crippen LogP contribution in [0.2, 0.25) is 0 Å². The molecular formula is C29H28ClN5O2. The molecular weight excluding hydrogens is 486 g/mol. The van der Waals surface area contributed by atoms with Gasteiger partial charge < -0.3 is 19.8 Å². The molecule has 1 saturated heterocycles. The highest BCUT2D eigenvalue weighted by Crippen LogP contribution is 2.31. The van der Waals surface area contributed by atoms with E-state index in [1.54, 1.807) is 6.20 Å². The maximum Gasteiger partial charge on any atom is 0.219 e. The molecule has 0 saturated carbocycles. The van der Waals surface area contributed by atoms with Crippen LogP contribution in [0.15, 0.2) is 95.7 Å². The molecule has 7 nitrogen and oxygen atoms in total. The average molecular weight is 514 g/mol. The van der Waals surface area contributed by atoms with Gasteiger partial charge in [0.05, 0.1) is 12.1 Å². The van der Waals surface area contributed by atoms with Crippen LogP contribution in [0.4, 0.5) is 11.4 Å². The van der Waals surface area contributed by atoms with E-state index in [2.05, 4.69) is 55.8 Å². The molecule has 0 spiro atoms. The molecule has 6 rings (SSSR count). The number of hydrogen-bond donors (Lipinski definition) is 2. The van der Waals surface area contributed by atoms with Crippen molar-refractivity contribution in [2.45, 2.75) is 6.54 Å². The first-order chi connectivity index (χ1) is 17.8. The molecule has 0 bridgehead atoms. The van der Waals surface area contributed by atoms with Crippen LogP contribution in [0.5, 0.6) is 11.6 Å². The van der Waals surface area contributed by atoms with Gasteiger partial charge in [0.1, 0.15) is 17.3 Å². The van der Waals surface area contributed by atoms with Gasteiger partial charge >= 0.3 is 0 Å². The van der Waals surface area contributed by atoms with Gasteiger partial charge in [-0.05, 0) is 60.7 Å². The van der Waals surface area contributed by atoms with Crippen LogP contribution in [0.3, 0.4) is 0 Å². The Balaban J connectivity index is 0.00000280. The van der Waals surface area contributed by atoms with E-state index >= 15 is 0 Å². The number of halogens is 1. The first-order valence-electron chi connectivity index (χ1n) is 12.2. The number of furan rings is 1. The van der Waals surface area contributed by atoms with Crippen molar-refractivity contribution in [3.8, 4) is 23.0 Å². The number of piperazine rings is 1. The molecule has 0 amide bonds. The number of nitrogens with zero attached hydrogens (tertiary/aromatic N) is 3. The Hall–Kier alpha value is -3.91. The SMILES string of the molecule is Cl.c1ccc(Oc2ccc(Nc3ccnc4cc(-c5ccc(CN6CCNCC6)o5)ccc34)cc2)nc1. The van der Waals surface area contributed by atoms with E-state index in [4.69, 9.17) is 9.15 Å².